The molecule has 0 unspecified atom stereocenters. The fraction of sp³-hybridized carbons (Fsp3) is 0.286. The third-order valence-electron chi connectivity index (χ3n) is 2.54. The van der Waals surface area contributed by atoms with Crippen LogP contribution >= 0.6 is 0 Å². The quantitative estimate of drug-likeness (QED) is 0.895. The molecule has 1 aromatic heterocycles. The van der Waals surface area contributed by atoms with Gasteiger partial charge in [0.2, 0.25) is 0 Å². The zero-order valence-electron chi connectivity index (χ0n) is 10.6. The van der Waals surface area contributed by atoms with E-state index in [2.05, 4.69) is 24.1 Å². The third kappa shape index (κ3) is 2.97. The van der Waals surface area contributed by atoms with E-state index in [1.54, 1.807) is 12.5 Å². The number of hydrogen-bond acceptors (Lipinski definition) is 2. The Labute approximate surface area is 107 Å². The van der Waals surface area contributed by atoms with Gasteiger partial charge in [-0.1, -0.05) is 32.0 Å². The molecule has 0 fully saturated rings. The molecule has 4 heteroatoms. The molecule has 0 bridgehead atoms. The smallest absolute Gasteiger partial charge is 0.271 e. The average Bonchev–Trinajstić information content (AvgIpc) is 2.86. The van der Waals surface area contributed by atoms with Crippen molar-refractivity contribution in [2.75, 3.05) is 6.54 Å². The minimum absolute atomic E-state index is 0.126. The number of carbonyl (C=O) groups is 1. The summed E-state index contributed by atoms with van der Waals surface area (Å²) in [7, 11) is 0. The number of imidazole rings is 1. The Morgan fingerprint density at radius 2 is 2.06 bits per heavy atom. The SMILES string of the molecule is CC(C)CNC(=O)c1cn(-c2ccccc2)cn1. The summed E-state index contributed by atoms with van der Waals surface area (Å²) >= 11 is 0. The standard InChI is InChI=1S/C14H17N3O/c1-11(2)8-15-14(18)13-9-17(10-16-13)12-6-4-3-5-7-12/h3-7,9-11H,8H2,1-2H3,(H,15,18). The Bertz CT molecular complexity index is 517. The lowest BCUT2D eigenvalue weighted by Crippen LogP contribution is -2.27. The zero-order chi connectivity index (χ0) is 13.0. The number of para-hydroxylation sites is 1. The van der Waals surface area contributed by atoms with Crippen molar-refractivity contribution in [1.29, 1.82) is 0 Å². The lowest BCUT2D eigenvalue weighted by atomic mass is 10.2. The summed E-state index contributed by atoms with van der Waals surface area (Å²) in [6, 6.07) is 9.80. The number of hydrogen-bond donors (Lipinski definition) is 1. The molecule has 0 aliphatic carbocycles. The number of nitrogens with one attached hydrogen (secondary N) is 1. The molecule has 0 radical (unpaired) electrons. The van der Waals surface area contributed by atoms with Crippen molar-refractivity contribution in [3.05, 3.63) is 48.5 Å². The van der Waals surface area contributed by atoms with Gasteiger partial charge in [0, 0.05) is 18.4 Å². The van der Waals surface area contributed by atoms with E-state index in [1.807, 2.05) is 34.9 Å². The summed E-state index contributed by atoms with van der Waals surface area (Å²) in [5, 5.41) is 2.85. The predicted octanol–water partition coefficient (Wildman–Crippen LogP) is 2.26. The topological polar surface area (TPSA) is 46.9 Å². The maximum Gasteiger partial charge on any atom is 0.271 e. The van der Waals surface area contributed by atoms with Crippen molar-refractivity contribution >= 4 is 5.91 Å². The van der Waals surface area contributed by atoms with E-state index >= 15 is 0 Å². The van der Waals surface area contributed by atoms with Crippen LogP contribution in [0.25, 0.3) is 5.69 Å². The summed E-state index contributed by atoms with van der Waals surface area (Å²) in [5.41, 5.74) is 1.44. The lowest BCUT2D eigenvalue weighted by molar-refractivity contribution is 0.0944. The Morgan fingerprint density at radius 3 is 2.72 bits per heavy atom. The molecular weight excluding hydrogens is 226 g/mol. The molecule has 1 N–H and O–H groups in total. The van der Waals surface area contributed by atoms with E-state index in [9.17, 15) is 4.79 Å². The van der Waals surface area contributed by atoms with Gasteiger partial charge in [-0.2, -0.15) is 0 Å². The van der Waals surface area contributed by atoms with Gasteiger partial charge in [-0.25, -0.2) is 4.98 Å². The Hall–Kier alpha value is -2.10. The van der Waals surface area contributed by atoms with Crippen LogP contribution in [0.5, 0.6) is 0 Å². The largest absolute Gasteiger partial charge is 0.350 e. The van der Waals surface area contributed by atoms with Crippen molar-refractivity contribution in [1.82, 2.24) is 14.9 Å². The summed E-state index contributed by atoms with van der Waals surface area (Å²) in [5.74, 6) is 0.309. The van der Waals surface area contributed by atoms with Gasteiger partial charge in [0.25, 0.3) is 5.91 Å². The van der Waals surface area contributed by atoms with Crippen LogP contribution in [0.1, 0.15) is 24.3 Å². The van der Waals surface area contributed by atoms with Crippen LogP contribution in [0.3, 0.4) is 0 Å². The number of carbonyl (C=O) groups excluding carboxylic acids is 1. The molecular formula is C14H17N3O. The molecule has 0 saturated carbocycles. The van der Waals surface area contributed by atoms with E-state index < -0.39 is 0 Å². The van der Waals surface area contributed by atoms with E-state index in [-0.39, 0.29) is 5.91 Å². The maximum absolute atomic E-state index is 11.8. The van der Waals surface area contributed by atoms with Gasteiger partial charge < -0.3 is 9.88 Å². The molecule has 1 amide bonds. The van der Waals surface area contributed by atoms with Crippen LogP contribution in [0.2, 0.25) is 0 Å². The molecule has 0 saturated heterocycles. The van der Waals surface area contributed by atoms with Crippen molar-refractivity contribution in [3.63, 3.8) is 0 Å². The second kappa shape index (κ2) is 5.49. The number of benzene rings is 1. The van der Waals surface area contributed by atoms with Crippen LogP contribution < -0.4 is 5.32 Å². The monoisotopic (exact) mass is 243 g/mol. The first-order valence-corrected chi connectivity index (χ1v) is 6.04. The normalized spacial score (nSPS) is 10.6. The average molecular weight is 243 g/mol. The molecule has 94 valence electrons. The highest BCUT2D eigenvalue weighted by molar-refractivity contribution is 5.92. The molecule has 0 spiro atoms. The van der Waals surface area contributed by atoms with Gasteiger partial charge in [0.1, 0.15) is 12.0 Å². The van der Waals surface area contributed by atoms with Gasteiger partial charge >= 0.3 is 0 Å². The number of aromatic nitrogens is 2. The second-order valence-corrected chi connectivity index (χ2v) is 4.61. The van der Waals surface area contributed by atoms with E-state index in [4.69, 9.17) is 0 Å². The molecule has 1 aromatic carbocycles. The molecule has 2 rings (SSSR count). The van der Waals surface area contributed by atoms with Gasteiger partial charge in [-0.15, -0.1) is 0 Å². The Morgan fingerprint density at radius 1 is 1.33 bits per heavy atom. The van der Waals surface area contributed by atoms with E-state index in [0.717, 1.165) is 5.69 Å². The maximum atomic E-state index is 11.8. The highest BCUT2D eigenvalue weighted by atomic mass is 16.1. The Kier molecular flexibility index (Phi) is 3.77. The van der Waals surface area contributed by atoms with Gasteiger partial charge in [0.15, 0.2) is 0 Å². The highest BCUT2D eigenvalue weighted by Gasteiger charge is 2.09. The molecule has 0 aliphatic heterocycles. The summed E-state index contributed by atoms with van der Waals surface area (Å²) < 4.78 is 1.84. The van der Waals surface area contributed by atoms with E-state index in [0.29, 0.717) is 18.2 Å². The van der Waals surface area contributed by atoms with Crippen LogP contribution in [0.4, 0.5) is 0 Å². The summed E-state index contributed by atoms with van der Waals surface area (Å²) in [6.07, 6.45) is 3.39. The number of nitrogens with zero attached hydrogens (tertiary/aromatic N) is 2. The molecule has 1 heterocycles. The van der Waals surface area contributed by atoms with Crippen LogP contribution in [-0.2, 0) is 0 Å². The number of rotatable bonds is 4. The van der Waals surface area contributed by atoms with Crippen molar-refractivity contribution in [2.24, 2.45) is 5.92 Å². The van der Waals surface area contributed by atoms with Crippen molar-refractivity contribution in [2.45, 2.75) is 13.8 Å². The fourth-order valence-electron chi connectivity index (χ4n) is 1.57. The van der Waals surface area contributed by atoms with Crippen LogP contribution in [0, 0.1) is 5.92 Å². The van der Waals surface area contributed by atoms with Gasteiger partial charge in [-0.3, -0.25) is 4.79 Å². The van der Waals surface area contributed by atoms with Crippen LogP contribution in [0.15, 0.2) is 42.9 Å². The van der Waals surface area contributed by atoms with Crippen molar-refractivity contribution in [3.8, 4) is 5.69 Å². The third-order valence-corrected chi connectivity index (χ3v) is 2.54. The molecule has 0 atom stereocenters. The van der Waals surface area contributed by atoms with Gasteiger partial charge in [0.05, 0.1) is 0 Å². The lowest BCUT2D eigenvalue weighted by Gasteiger charge is -2.05. The molecule has 18 heavy (non-hydrogen) atoms. The number of amides is 1. The first kappa shape index (κ1) is 12.4. The fourth-order valence-corrected chi connectivity index (χ4v) is 1.57. The Balaban J connectivity index is 2.09. The second-order valence-electron chi connectivity index (χ2n) is 4.61. The minimum Gasteiger partial charge on any atom is -0.350 e. The van der Waals surface area contributed by atoms with E-state index in [1.165, 1.54) is 0 Å². The molecule has 0 aliphatic rings. The first-order valence-electron chi connectivity index (χ1n) is 6.04. The zero-order valence-corrected chi connectivity index (χ0v) is 10.6. The first-order chi connectivity index (χ1) is 8.66. The minimum atomic E-state index is -0.126. The molecule has 2 aromatic rings. The molecule has 4 nitrogen and oxygen atoms in total. The van der Waals surface area contributed by atoms with Crippen molar-refractivity contribution < 1.29 is 4.79 Å². The highest BCUT2D eigenvalue weighted by Crippen LogP contribution is 2.07. The predicted molar refractivity (Wildman–Crippen MR) is 70.7 cm³/mol. The van der Waals surface area contributed by atoms with Gasteiger partial charge in [-0.05, 0) is 18.1 Å². The van der Waals surface area contributed by atoms with Crippen LogP contribution in [-0.4, -0.2) is 22.0 Å². The summed E-state index contributed by atoms with van der Waals surface area (Å²) in [6.45, 7) is 4.78. The summed E-state index contributed by atoms with van der Waals surface area (Å²) in [4.78, 5) is 15.9.